The lowest BCUT2D eigenvalue weighted by Crippen LogP contribution is -2.40. The summed E-state index contributed by atoms with van der Waals surface area (Å²) >= 11 is 0. The normalized spacial score (nSPS) is 18.8. The highest BCUT2D eigenvalue weighted by molar-refractivity contribution is 5.49. The monoisotopic (exact) mass is 293 g/mol. The SMILES string of the molecule is CCCC1CCCCN1c1cc(NN)nc(COCC)n1. The van der Waals surface area contributed by atoms with Gasteiger partial charge in [-0.15, -0.1) is 0 Å². The smallest absolute Gasteiger partial charge is 0.158 e. The van der Waals surface area contributed by atoms with Gasteiger partial charge in [-0.1, -0.05) is 13.3 Å². The van der Waals surface area contributed by atoms with Crippen LogP contribution >= 0.6 is 0 Å². The van der Waals surface area contributed by atoms with Gasteiger partial charge in [0.2, 0.25) is 0 Å². The number of piperidine rings is 1. The number of nitrogens with two attached hydrogens (primary N) is 1. The molecule has 1 fully saturated rings. The first-order valence-corrected chi connectivity index (χ1v) is 7.97. The standard InChI is InChI=1S/C15H27N5O/c1-3-7-12-8-5-6-9-20(12)15-10-13(19-16)17-14(18-15)11-21-4-2/h10,12H,3-9,11,16H2,1-2H3,(H,17,18,19). The maximum absolute atomic E-state index is 5.54. The fourth-order valence-electron chi connectivity index (χ4n) is 2.90. The van der Waals surface area contributed by atoms with Gasteiger partial charge in [0.15, 0.2) is 5.82 Å². The molecule has 2 rings (SSSR count). The van der Waals surface area contributed by atoms with Crippen molar-refractivity contribution < 1.29 is 4.74 Å². The summed E-state index contributed by atoms with van der Waals surface area (Å²) in [6, 6.07) is 2.51. The van der Waals surface area contributed by atoms with E-state index in [4.69, 9.17) is 10.6 Å². The molecule has 0 spiro atoms. The Balaban J connectivity index is 2.22. The lowest BCUT2D eigenvalue weighted by Gasteiger charge is -2.37. The van der Waals surface area contributed by atoms with Crippen LogP contribution < -0.4 is 16.2 Å². The molecular formula is C15H27N5O. The minimum Gasteiger partial charge on any atom is -0.374 e. The van der Waals surface area contributed by atoms with Crippen LogP contribution in [0.1, 0.15) is 51.8 Å². The maximum Gasteiger partial charge on any atom is 0.158 e. The van der Waals surface area contributed by atoms with Crippen LogP contribution in [0.15, 0.2) is 6.07 Å². The van der Waals surface area contributed by atoms with E-state index in [0.717, 1.165) is 12.4 Å². The first-order chi connectivity index (χ1) is 10.3. The van der Waals surface area contributed by atoms with Gasteiger partial charge >= 0.3 is 0 Å². The number of nitrogens with one attached hydrogen (secondary N) is 1. The van der Waals surface area contributed by atoms with E-state index in [1.165, 1.54) is 32.1 Å². The van der Waals surface area contributed by atoms with E-state index < -0.39 is 0 Å². The van der Waals surface area contributed by atoms with Gasteiger partial charge < -0.3 is 15.1 Å². The van der Waals surface area contributed by atoms with Gasteiger partial charge in [0, 0.05) is 25.3 Å². The fourth-order valence-corrected chi connectivity index (χ4v) is 2.90. The van der Waals surface area contributed by atoms with Gasteiger partial charge in [-0.25, -0.2) is 15.8 Å². The lowest BCUT2D eigenvalue weighted by molar-refractivity contribution is 0.128. The molecule has 6 nitrogen and oxygen atoms in total. The van der Waals surface area contributed by atoms with Crippen molar-refractivity contribution in [1.82, 2.24) is 9.97 Å². The molecule has 0 bridgehead atoms. The van der Waals surface area contributed by atoms with Crippen LogP contribution in [0.5, 0.6) is 0 Å². The molecule has 0 aliphatic carbocycles. The molecule has 0 radical (unpaired) electrons. The Hall–Kier alpha value is -1.40. The zero-order valence-corrected chi connectivity index (χ0v) is 13.1. The summed E-state index contributed by atoms with van der Waals surface area (Å²) < 4.78 is 5.42. The maximum atomic E-state index is 5.54. The van der Waals surface area contributed by atoms with Crippen LogP contribution in [0.3, 0.4) is 0 Å². The highest BCUT2D eigenvalue weighted by atomic mass is 16.5. The van der Waals surface area contributed by atoms with Crippen molar-refractivity contribution in [2.45, 2.75) is 58.6 Å². The van der Waals surface area contributed by atoms with Gasteiger partial charge in [0.25, 0.3) is 0 Å². The molecule has 0 aromatic carbocycles. The predicted molar refractivity (Wildman–Crippen MR) is 85.1 cm³/mol. The third kappa shape index (κ3) is 4.28. The van der Waals surface area contributed by atoms with E-state index in [1.807, 2.05) is 13.0 Å². The average Bonchev–Trinajstić information content (AvgIpc) is 2.53. The minimum absolute atomic E-state index is 0.422. The Morgan fingerprint density at radius 3 is 2.95 bits per heavy atom. The van der Waals surface area contributed by atoms with Crippen LogP contribution in [0.25, 0.3) is 0 Å². The van der Waals surface area contributed by atoms with Crippen molar-refractivity contribution in [2.75, 3.05) is 23.5 Å². The summed E-state index contributed by atoms with van der Waals surface area (Å²) in [5, 5.41) is 0. The second-order valence-corrected chi connectivity index (χ2v) is 5.44. The molecule has 2 heterocycles. The quantitative estimate of drug-likeness (QED) is 0.594. The second kappa shape index (κ2) is 8.14. The first-order valence-electron chi connectivity index (χ1n) is 7.97. The highest BCUT2D eigenvalue weighted by Crippen LogP contribution is 2.27. The van der Waals surface area contributed by atoms with Crippen molar-refractivity contribution in [3.8, 4) is 0 Å². The van der Waals surface area contributed by atoms with Crippen LogP contribution in [0.4, 0.5) is 11.6 Å². The molecule has 1 aliphatic heterocycles. The number of ether oxygens (including phenoxy) is 1. The van der Waals surface area contributed by atoms with Crippen LogP contribution in [0, 0.1) is 0 Å². The summed E-state index contributed by atoms with van der Waals surface area (Å²) in [6.45, 7) is 6.33. The fraction of sp³-hybridized carbons (Fsp3) is 0.733. The van der Waals surface area contributed by atoms with E-state index in [0.29, 0.717) is 30.9 Å². The van der Waals surface area contributed by atoms with Crippen molar-refractivity contribution in [3.05, 3.63) is 11.9 Å². The van der Waals surface area contributed by atoms with Gasteiger partial charge in [-0.2, -0.15) is 0 Å². The number of nitrogens with zero attached hydrogens (tertiary/aromatic N) is 3. The summed E-state index contributed by atoms with van der Waals surface area (Å²) in [4.78, 5) is 11.4. The molecule has 1 atom stereocenters. The first kappa shape index (κ1) is 16.0. The van der Waals surface area contributed by atoms with E-state index in [1.54, 1.807) is 0 Å². The van der Waals surface area contributed by atoms with Gasteiger partial charge in [-0.05, 0) is 32.6 Å². The van der Waals surface area contributed by atoms with Crippen molar-refractivity contribution >= 4 is 11.6 Å². The van der Waals surface area contributed by atoms with Gasteiger partial charge in [0.1, 0.15) is 18.2 Å². The molecule has 1 saturated heterocycles. The molecular weight excluding hydrogens is 266 g/mol. The number of rotatable bonds is 7. The lowest BCUT2D eigenvalue weighted by atomic mass is 9.98. The van der Waals surface area contributed by atoms with E-state index in [-0.39, 0.29) is 0 Å². The van der Waals surface area contributed by atoms with Crippen LogP contribution in [-0.2, 0) is 11.3 Å². The topological polar surface area (TPSA) is 76.3 Å². The number of hydrazine groups is 1. The molecule has 0 saturated carbocycles. The molecule has 1 aromatic rings. The predicted octanol–water partition coefficient (Wildman–Crippen LogP) is 2.46. The Morgan fingerprint density at radius 2 is 2.24 bits per heavy atom. The molecule has 1 aliphatic rings. The van der Waals surface area contributed by atoms with E-state index in [9.17, 15) is 0 Å². The number of nitrogen functional groups attached to an aromatic ring is 1. The largest absolute Gasteiger partial charge is 0.374 e. The van der Waals surface area contributed by atoms with E-state index >= 15 is 0 Å². The van der Waals surface area contributed by atoms with Crippen LogP contribution in [-0.4, -0.2) is 29.2 Å². The van der Waals surface area contributed by atoms with Gasteiger partial charge in [0.05, 0.1) is 0 Å². The molecule has 118 valence electrons. The van der Waals surface area contributed by atoms with Crippen LogP contribution in [0.2, 0.25) is 0 Å². The molecule has 3 N–H and O–H groups in total. The van der Waals surface area contributed by atoms with Crippen molar-refractivity contribution in [3.63, 3.8) is 0 Å². The zero-order chi connectivity index (χ0) is 15.1. The summed E-state index contributed by atoms with van der Waals surface area (Å²) in [7, 11) is 0. The van der Waals surface area contributed by atoms with E-state index in [2.05, 4.69) is 27.2 Å². The Labute approximate surface area is 127 Å². The number of anilines is 2. The Morgan fingerprint density at radius 1 is 1.38 bits per heavy atom. The Bertz CT molecular complexity index is 438. The van der Waals surface area contributed by atoms with Crippen molar-refractivity contribution in [1.29, 1.82) is 0 Å². The summed E-state index contributed by atoms with van der Waals surface area (Å²) in [6.07, 6.45) is 6.16. The minimum atomic E-state index is 0.422. The molecule has 1 unspecified atom stereocenters. The summed E-state index contributed by atoms with van der Waals surface area (Å²) in [5.74, 6) is 7.84. The Kier molecular flexibility index (Phi) is 6.20. The molecule has 0 amide bonds. The van der Waals surface area contributed by atoms with Gasteiger partial charge in [-0.3, -0.25) is 0 Å². The van der Waals surface area contributed by atoms with Crippen molar-refractivity contribution in [2.24, 2.45) is 5.84 Å². The highest BCUT2D eigenvalue weighted by Gasteiger charge is 2.23. The third-order valence-corrected chi connectivity index (χ3v) is 3.89. The molecule has 21 heavy (non-hydrogen) atoms. The number of hydrogen-bond donors (Lipinski definition) is 2. The third-order valence-electron chi connectivity index (χ3n) is 3.89. The molecule has 1 aromatic heterocycles. The number of aromatic nitrogens is 2. The average molecular weight is 293 g/mol. The molecule has 6 heteroatoms. The number of hydrogen-bond acceptors (Lipinski definition) is 6. The second-order valence-electron chi connectivity index (χ2n) is 5.44. The summed E-state index contributed by atoms with van der Waals surface area (Å²) in [5.41, 5.74) is 2.64. The zero-order valence-electron chi connectivity index (χ0n) is 13.1.